The molecule has 3 heteroatoms. The van der Waals surface area contributed by atoms with Crippen LogP contribution in [0.4, 0.5) is 0 Å². The average Bonchev–Trinajstić information content (AvgIpc) is 2.40. The topological polar surface area (TPSA) is 24.5 Å². The molecule has 1 aromatic rings. The first-order valence-electron chi connectivity index (χ1n) is 8.05. The van der Waals surface area contributed by atoms with E-state index in [-0.39, 0.29) is 0 Å². The summed E-state index contributed by atoms with van der Waals surface area (Å²) in [4.78, 5) is 2.33. The molecule has 0 aromatic heterocycles. The first kappa shape index (κ1) is 16.3. The van der Waals surface area contributed by atoms with Gasteiger partial charge in [-0.05, 0) is 50.4 Å². The van der Waals surface area contributed by atoms with E-state index in [2.05, 4.69) is 56.4 Å². The van der Waals surface area contributed by atoms with Crippen molar-refractivity contribution in [2.24, 2.45) is 5.92 Å². The average molecular weight is 290 g/mol. The van der Waals surface area contributed by atoms with Crippen molar-refractivity contribution in [2.45, 2.75) is 44.7 Å². The van der Waals surface area contributed by atoms with Crippen LogP contribution in [0.5, 0.6) is 5.75 Å². The van der Waals surface area contributed by atoms with Crippen molar-refractivity contribution in [3.63, 3.8) is 0 Å². The van der Waals surface area contributed by atoms with Crippen LogP contribution >= 0.6 is 0 Å². The van der Waals surface area contributed by atoms with Gasteiger partial charge in [0.1, 0.15) is 5.75 Å². The lowest BCUT2D eigenvalue weighted by molar-refractivity contribution is 0.197. The molecule has 0 amide bonds. The van der Waals surface area contributed by atoms with Gasteiger partial charge in [-0.1, -0.05) is 32.0 Å². The summed E-state index contributed by atoms with van der Waals surface area (Å²) in [7, 11) is 6.10. The molecule has 2 rings (SSSR count). The van der Waals surface area contributed by atoms with Crippen LogP contribution in [0.25, 0.3) is 0 Å². The summed E-state index contributed by atoms with van der Waals surface area (Å²) < 4.78 is 5.47. The number of hydrogen-bond acceptors (Lipinski definition) is 3. The van der Waals surface area contributed by atoms with Gasteiger partial charge in [-0.15, -0.1) is 0 Å². The van der Waals surface area contributed by atoms with E-state index in [1.165, 1.54) is 18.4 Å². The fraction of sp³-hybridized carbons (Fsp3) is 0.667. The molecule has 1 aromatic carbocycles. The molecule has 0 bridgehead atoms. The van der Waals surface area contributed by atoms with Crippen LogP contribution < -0.4 is 10.1 Å². The molecule has 118 valence electrons. The summed E-state index contributed by atoms with van der Waals surface area (Å²) in [5.41, 5.74) is 1.37. The van der Waals surface area contributed by atoms with E-state index in [0.29, 0.717) is 23.9 Å². The van der Waals surface area contributed by atoms with Crippen molar-refractivity contribution in [3.05, 3.63) is 29.8 Å². The molecule has 0 spiro atoms. The molecular weight excluding hydrogens is 260 g/mol. The second-order valence-corrected chi connectivity index (χ2v) is 6.79. The van der Waals surface area contributed by atoms with Crippen molar-refractivity contribution in [1.29, 1.82) is 0 Å². The van der Waals surface area contributed by atoms with Gasteiger partial charge in [0.2, 0.25) is 0 Å². The predicted octanol–water partition coefficient (Wildman–Crippen LogP) is 3.12. The van der Waals surface area contributed by atoms with E-state index in [1.54, 1.807) is 7.11 Å². The molecule has 0 heterocycles. The summed E-state index contributed by atoms with van der Waals surface area (Å²) >= 11 is 0. The Morgan fingerprint density at radius 2 is 1.90 bits per heavy atom. The van der Waals surface area contributed by atoms with Crippen molar-refractivity contribution in [3.8, 4) is 5.75 Å². The SMILES string of the molecule is COc1ccccc1C1CC(NCC(C(C)C)N(C)C)C1. The Hall–Kier alpha value is -1.06. The third-order valence-corrected chi connectivity index (χ3v) is 4.77. The number of ether oxygens (including phenoxy) is 1. The van der Waals surface area contributed by atoms with Crippen molar-refractivity contribution in [1.82, 2.24) is 10.2 Å². The maximum Gasteiger partial charge on any atom is 0.122 e. The summed E-state index contributed by atoms with van der Waals surface area (Å²) in [6.07, 6.45) is 2.44. The van der Waals surface area contributed by atoms with Crippen LogP contribution in [0.15, 0.2) is 24.3 Å². The van der Waals surface area contributed by atoms with Crippen LogP contribution in [0.2, 0.25) is 0 Å². The van der Waals surface area contributed by atoms with Gasteiger partial charge < -0.3 is 15.0 Å². The molecular formula is C18H30N2O. The van der Waals surface area contributed by atoms with Gasteiger partial charge in [0.05, 0.1) is 7.11 Å². The highest BCUT2D eigenvalue weighted by atomic mass is 16.5. The summed E-state index contributed by atoms with van der Waals surface area (Å²) in [5.74, 6) is 2.36. The lowest BCUT2D eigenvalue weighted by Crippen LogP contribution is -2.48. The molecule has 3 nitrogen and oxygen atoms in total. The maximum atomic E-state index is 5.47. The Kier molecular flexibility index (Phi) is 5.65. The molecule has 1 unspecified atom stereocenters. The highest BCUT2D eigenvalue weighted by molar-refractivity contribution is 5.37. The molecule has 0 radical (unpaired) electrons. The van der Waals surface area contributed by atoms with Crippen molar-refractivity contribution in [2.75, 3.05) is 27.7 Å². The normalized spacial score (nSPS) is 23.2. The van der Waals surface area contributed by atoms with E-state index in [4.69, 9.17) is 4.74 Å². The van der Waals surface area contributed by atoms with Gasteiger partial charge in [-0.2, -0.15) is 0 Å². The van der Waals surface area contributed by atoms with E-state index in [0.717, 1.165) is 12.3 Å². The molecule has 1 N–H and O–H groups in total. The smallest absolute Gasteiger partial charge is 0.122 e. The van der Waals surface area contributed by atoms with Crippen molar-refractivity contribution >= 4 is 0 Å². The largest absolute Gasteiger partial charge is 0.496 e. The first-order valence-corrected chi connectivity index (χ1v) is 8.05. The first-order chi connectivity index (χ1) is 10.0. The van der Waals surface area contributed by atoms with Crippen molar-refractivity contribution < 1.29 is 4.74 Å². The van der Waals surface area contributed by atoms with E-state index < -0.39 is 0 Å². The molecule has 1 aliphatic carbocycles. The third kappa shape index (κ3) is 3.98. The minimum absolute atomic E-state index is 0.607. The summed E-state index contributed by atoms with van der Waals surface area (Å²) in [6, 6.07) is 9.69. The Morgan fingerprint density at radius 1 is 1.24 bits per heavy atom. The van der Waals surface area contributed by atoms with E-state index in [1.807, 2.05) is 6.07 Å². The Morgan fingerprint density at radius 3 is 2.48 bits per heavy atom. The number of likely N-dealkylation sites (N-methyl/N-ethyl adjacent to an activating group) is 1. The Bertz CT molecular complexity index is 431. The number of para-hydroxylation sites is 1. The predicted molar refractivity (Wildman–Crippen MR) is 89.1 cm³/mol. The number of methoxy groups -OCH3 is 1. The summed E-state index contributed by atoms with van der Waals surface area (Å²) in [5, 5.41) is 3.74. The van der Waals surface area contributed by atoms with Gasteiger partial charge >= 0.3 is 0 Å². The number of rotatable bonds is 7. The fourth-order valence-corrected chi connectivity index (χ4v) is 3.34. The molecule has 1 atom stereocenters. The second kappa shape index (κ2) is 7.28. The quantitative estimate of drug-likeness (QED) is 0.835. The maximum absolute atomic E-state index is 5.47. The highest BCUT2D eigenvalue weighted by Gasteiger charge is 2.32. The number of nitrogens with one attached hydrogen (secondary N) is 1. The van der Waals surface area contributed by atoms with Crippen LogP contribution in [-0.4, -0.2) is 44.7 Å². The zero-order valence-electron chi connectivity index (χ0n) is 14.1. The van der Waals surface area contributed by atoms with Gasteiger partial charge in [-0.25, -0.2) is 0 Å². The molecule has 1 fully saturated rings. The van der Waals surface area contributed by atoms with Gasteiger partial charge in [-0.3, -0.25) is 0 Å². The third-order valence-electron chi connectivity index (χ3n) is 4.77. The van der Waals surface area contributed by atoms with Gasteiger partial charge in [0.15, 0.2) is 0 Å². The van der Waals surface area contributed by atoms with Crippen LogP contribution in [0.3, 0.4) is 0 Å². The molecule has 0 saturated heterocycles. The van der Waals surface area contributed by atoms with Gasteiger partial charge in [0.25, 0.3) is 0 Å². The number of hydrogen-bond donors (Lipinski definition) is 1. The second-order valence-electron chi connectivity index (χ2n) is 6.79. The van der Waals surface area contributed by atoms with Crippen LogP contribution in [0, 0.1) is 5.92 Å². The number of benzene rings is 1. The highest BCUT2D eigenvalue weighted by Crippen LogP contribution is 2.40. The monoisotopic (exact) mass is 290 g/mol. The molecule has 0 aliphatic heterocycles. The Labute approximate surface area is 129 Å². The van der Waals surface area contributed by atoms with E-state index >= 15 is 0 Å². The lowest BCUT2D eigenvalue weighted by Gasteiger charge is -2.39. The zero-order valence-corrected chi connectivity index (χ0v) is 14.1. The lowest BCUT2D eigenvalue weighted by atomic mass is 9.75. The minimum Gasteiger partial charge on any atom is -0.496 e. The van der Waals surface area contributed by atoms with E-state index in [9.17, 15) is 0 Å². The summed E-state index contributed by atoms with van der Waals surface area (Å²) in [6.45, 7) is 5.67. The molecule has 1 saturated carbocycles. The molecule has 21 heavy (non-hydrogen) atoms. The Balaban J connectivity index is 1.81. The van der Waals surface area contributed by atoms with Crippen LogP contribution in [-0.2, 0) is 0 Å². The van der Waals surface area contributed by atoms with Crippen LogP contribution in [0.1, 0.15) is 38.2 Å². The molecule has 1 aliphatic rings. The number of nitrogens with zero attached hydrogens (tertiary/aromatic N) is 1. The zero-order chi connectivity index (χ0) is 15.4. The van der Waals surface area contributed by atoms with Gasteiger partial charge in [0, 0.05) is 18.6 Å². The fourth-order valence-electron chi connectivity index (χ4n) is 3.34. The standard InChI is InChI=1S/C18H30N2O/c1-13(2)17(20(3)4)12-19-15-10-14(11-15)16-8-6-7-9-18(16)21-5/h6-9,13-15,17,19H,10-12H2,1-5H3. The minimum atomic E-state index is 0.607.